The molecule has 1 aromatic carbocycles. The zero-order valence-corrected chi connectivity index (χ0v) is 13.0. The Morgan fingerprint density at radius 2 is 1.96 bits per heavy atom. The molecular weight excluding hydrogens is 327 g/mol. The number of aromatic nitrogens is 1. The highest BCUT2D eigenvalue weighted by molar-refractivity contribution is 7.92. The second kappa shape index (κ2) is 6.16. The van der Waals surface area contributed by atoms with Crippen molar-refractivity contribution in [3.8, 4) is 0 Å². The van der Waals surface area contributed by atoms with E-state index in [1.165, 1.54) is 12.3 Å². The fraction of sp³-hybridized carbons (Fsp3) is 0.154. The van der Waals surface area contributed by atoms with E-state index in [0.717, 1.165) is 12.1 Å². The van der Waals surface area contributed by atoms with Crippen molar-refractivity contribution in [1.82, 2.24) is 4.98 Å². The Bertz CT molecular complexity index is 838. The molecule has 0 aliphatic carbocycles. The Labute approximate surface area is 131 Å². The van der Waals surface area contributed by atoms with E-state index in [-0.39, 0.29) is 5.69 Å². The van der Waals surface area contributed by atoms with Gasteiger partial charge in [0.05, 0.1) is 16.8 Å². The lowest BCUT2D eigenvalue weighted by atomic mass is 10.3. The standard InChI is InChI=1S/C13H13FN4O4S/c1-17(2)13-6-4-10(8-15-13)16-23(21,22)12-7-9(14)3-5-11(12)18(19)20/h3-8,16H,1-2H3. The van der Waals surface area contributed by atoms with Crippen LogP contribution in [0.5, 0.6) is 0 Å². The van der Waals surface area contributed by atoms with Gasteiger partial charge in [-0.3, -0.25) is 14.8 Å². The normalized spacial score (nSPS) is 11.1. The predicted molar refractivity (Wildman–Crippen MR) is 82.4 cm³/mol. The molecule has 122 valence electrons. The number of benzene rings is 1. The van der Waals surface area contributed by atoms with Crippen molar-refractivity contribution in [2.75, 3.05) is 23.7 Å². The van der Waals surface area contributed by atoms with Gasteiger partial charge in [0, 0.05) is 26.2 Å². The van der Waals surface area contributed by atoms with Crippen LogP contribution in [0.2, 0.25) is 0 Å². The third kappa shape index (κ3) is 3.72. The van der Waals surface area contributed by atoms with Gasteiger partial charge in [0.1, 0.15) is 11.6 Å². The number of hydrogen-bond acceptors (Lipinski definition) is 6. The number of anilines is 2. The van der Waals surface area contributed by atoms with E-state index < -0.39 is 31.3 Å². The molecule has 0 aliphatic rings. The van der Waals surface area contributed by atoms with E-state index in [0.29, 0.717) is 11.9 Å². The largest absolute Gasteiger partial charge is 0.363 e. The lowest BCUT2D eigenvalue weighted by Gasteiger charge is -2.12. The summed E-state index contributed by atoms with van der Waals surface area (Å²) in [6, 6.07) is 5.24. The van der Waals surface area contributed by atoms with Gasteiger partial charge in [-0.15, -0.1) is 0 Å². The number of nitro groups is 1. The zero-order chi connectivity index (χ0) is 17.2. The monoisotopic (exact) mass is 340 g/mol. The van der Waals surface area contributed by atoms with E-state index in [4.69, 9.17) is 0 Å². The molecule has 0 spiro atoms. The maximum atomic E-state index is 13.3. The first-order valence-corrected chi connectivity index (χ1v) is 7.79. The molecule has 23 heavy (non-hydrogen) atoms. The first-order valence-electron chi connectivity index (χ1n) is 6.31. The van der Waals surface area contributed by atoms with Crippen LogP contribution in [0.15, 0.2) is 41.4 Å². The third-order valence-corrected chi connectivity index (χ3v) is 4.28. The van der Waals surface area contributed by atoms with Gasteiger partial charge in [0.2, 0.25) is 0 Å². The van der Waals surface area contributed by atoms with Gasteiger partial charge >= 0.3 is 0 Å². The summed E-state index contributed by atoms with van der Waals surface area (Å²) in [7, 11) is -0.798. The van der Waals surface area contributed by atoms with E-state index in [9.17, 15) is 22.9 Å². The first kappa shape index (κ1) is 16.6. The van der Waals surface area contributed by atoms with Crippen molar-refractivity contribution in [3.63, 3.8) is 0 Å². The predicted octanol–water partition coefficient (Wildman–Crippen LogP) is 2.00. The molecule has 1 N–H and O–H groups in total. The average molecular weight is 340 g/mol. The minimum absolute atomic E-state index is 0.106. The molecule has 10 heteroatoms. The van der Waals surface area contributed by atoms with E-state index in [1.54, 1.807) is 25.1 Å². The van der Waals surface area contributed by atoms with Crippen molar-refractivity contribution >= 4 is 27.2 Å². The number of nitro benzene ring substituents is 1. The van der Waals surface area contributed by atoms with Crippen LogP contribution in [0.25, 0.3) is 0 Å². The molecule has 2 rings (SSSR count). The molecule has 0 radical (unpaired) electrons. The zero-order valence-electron chi connectivity index (χ0n) is 12.2. The van der Waals surface area contributed by atoms with Crippen LogP contribution >= 0.6 is 0 Å². The number of nitrogens with zero attached hydrogens (tertiary/aromatic N) is 3. The number of nitrogens with one attached hydrogen (secondary N) is 1. The molecule has 0 bridgehead atoms. The van der Waals surface area contributed by atoms with Gasteiger partial charge in [-0.25, -0.2) is 17.8 Å². The van der Waals surface area contributed by atoms with Crippen molar-refractivity contribution in [2.45, 2.75) is 4.90 Å². The fourth-order valence-corrected chi connectivity index (χ4v) is 3.00. The van der Waals surface area contributed by atoms with Crippen LogP contribution in [0, 0.1) is 15.9 Å². The summed E-state index contributed by atoms with van der Waals surface area (Å²) in [4.78, 5) is 15.0. The number of rotatable bonds is 5. The van der Waals surface area contributed by atoms with Gasteiger partial charge < -0.3 is 4.90 Å². The Balaban J connectivity index is 2.39. The minimum atomic E-state index is -4.33. The van der Waals surface area contributed by atoms with Gasteiger partial charge in [-0.1, -0.05) is 0 Å². The van der Waals surface area contributed by atoms with Crippen LogP contribution in [0.1, 0.15) is 0 Å². The van der Waals surface area contributed by atoms with Crippen molar-refractivity contribution in [2.24, 2.45) is 0 Å². The minimum Gasteiger partial charge on any atom is -0.363 e. The second-order valence-electron chi connectivity index (χ2n) is 4.77. The maximum absolute atomic E-state index is 13.3. The molecule has 2 aromatic rings. The maximum Gasteiger partial charge on any atom is 0.290 e. The van der Waals surface area contributed by atoms with Gasteiger partial charge in [0.25, 0.3) is 15.7 Å². The summed E-state index contributed by atoms with van der Waals surface area (Å²) in [5.41, 5.74) is -0.606. The molecule has 0 saturated heterocycles. The van der Waals surface area contributed by atoms with Crippen LogP contribution in [0.4, 0.5) is 21.6 Å². The second-order valence-corrected chi connectivity index (χ2v) is 6.42. The lowest BCUT2D eigenvalue weighted by molar-refractivity contribution is -0.387. The smallest absolute Gasteiger partial charge is 0.290 e. The molecule has 0 fully saturated rings. The number of hydrogen-bond donors (Lipinski definition) is 1. The molecule has 1 heterocycles. The lowest BCUT2D eigenvalue weighted by Crippen LogP contribution is -2.16. The molecule has 8 nitrogen and oxygen atoms in total. The van der Waals surface area contributed by atoms with Gasteiger partial charge in [-0.2, -0.15) is 0 Å². The summed E-state index contributed by atoms with van der Waals surface area (Å²) < 4.78 is 40.0. The van der Waals surface area contributed by atoms with Crippen LogP contribution in [0.3, 0.4) is 0 Å². The van der Waals surface area contributed by atoms with Crippen molar-refractivity contribution in [3.05, 3.63) is 52.5 Å². The molecular formula is C13H13FN4O4S. The highest BCUT2D eigenvalue weighted by atomic mass is 32.2. The van der Waals surface area contributed by atoms with Crippen molar-refractivity contribution < 1.29 is 17.7 Å². The fourth-order valence-electron chi connectivity index (χ4n) is 1.78. The average Bonchev–Trinajstić information content (AvgIpc) is 2.47. The Hall–Kier alpha value is -2.75. The summed E-state index contributed by atoms with van der Waals surface area (Å²) in [5.74, 6) is -0.290. The van der Waals surface area contributed by atoms with Crippen molar-refractivity contribution in [1.29, 1.82) is 0 Å². The third-order valence-electron chi connectivity index (χ3n) is 2.87. The Morgan fingerprint density at radius 1 is 1.26 bits per heavy atom. The Morgan fingerprint density at radius 3 is 2.48 bits per heavy atom. The summed E-state index contributed by atoms with van der Waals surface area (Å²) in [5, 5.41) is 10.9. The number of pyridine rings is 1. The molecule has 0 unspecified atom stereocenters. The highest BCUT2D eigenvalue weighted by Gasteiger charge is 2.26. The van der Waals surface area contributed by atoms with E-state index in [1.807, 2.05) is 0 Å². The number of halogens is 1. The highest BCUT2D eigenvalue weighted by Crippen LogP contribution is 2.26. The first-order chi connectivity index (χ1) is 10.7. The topological polar surface area (TPSA) is 105 Å². The van der Waals surface area contributed by atoms with Gasteiger partial charge in [0.15, 0.2) is 4.90 Å². The van der Waals surface area contributed by atoms with Crippen LogP contribution < -0.4 is 9.62 Å². The molecule has 0 aliphatic heterocycles. The van der Waals surface area contributed by atoms with Crippen LogP contribution in [-0.2, 0) is 10.0 Å². The molecule has 1 aromatic heterocycles. The SMILES string of the molecule is CN(C)c1ccc(NS(=O)(=O)c2cc(F)ccc2[N+](=O)[O-])cn1. The molecule has 0 saturated carbocycles. The quantitative estimate of drug-likeness (QED) is 0.659. The van der Waals surface area contributed by atoms with Gasteiger partial charge in [-0.05, 0) is 18.2 Å². The Kier molecular flexibility index (Phi) is 4.45. The number of sulfonamides is 1. The molecule has 0 atom stereocenters. The summed E-state index contributed by atoms with van der Waals surface area (Å²) >= 11 is 0. The van der Waals surface area contributed by atoms with E-state index in [2.05, 4.69) is 9.71 Å². The van der Waals surface area contributed by atoms with E-state index >= 15 is 0 Å². The summed E-state index contributed by atoms with van der Waals surface area (Å²) in [6.45, 7) is 0. The summed E-state index contributed by atoms with van der Waals surface area (Å²) in [6.07, 6.45) is 1.26. The van der Waals surface area contributed by atoms with Crippen LogP contribution in [-0.4, -0.2) is 32.4 Å². The molecule has 0 amide bonds.